The number of ether oxygens (including phenoxy) is 3. The number of halogens is 1. The van der Waals surface area contributed by atoms with Crippen molar-refractivity contribution in [2.75, 3.05) is 18.5 Å². The lowest BCUT2D eigenvalue weighted by Crippen LogP contribution is -2.20. The van der Waals surface area contributed by atoms with Crippen LogP contribution in [0.25, 0.3) is 11.0 Å². The normalized spacial score (nSPS) is 10.7. The number of fused-ring (bicyclic) bond motifs is 1. The van der Waals surface area contributed by atoms with Gasteiger partial charge in [-0.3, -0.25) is 9.59 Å². The number of aryl methyl sites for hydroxylation is 2. The highest BCUT2D eigenvalue weighted by atomic mass is 35.5. The van der Waals surface area contributed by atoms with Gasteiger partial charge in [-0.1, -0.05) is 23.7 Å². The molecule has 0 saturated carbocycles. The van der Waals surface area contributed by atoms with Crippen LogP contribution in [0, 0.1) is 13.8 Å². The molecule has 1 amide bonds. The van der Waals surface area contributed by atoms with Gasteiger partial charge in [0.25, 0.3) is 5.91 Å². The Morgan fingerprint density at radius 3 is 2.46 bits per heavy atom. The van der Waals surface area contributed by atoms with Gasteiger partial charge in [0.2, 0.25) is 11.2 Å². The van der Waals surface area contributed by atoms with E-state index < -0.39 is 0 Å². The third kappa shape index (κ3) is 5.58. The van der Waals surface area contributed by atoms with E-state index in [9.17, 15) is 9.59 Å². The Morgan fingerprint density at radius 1 is 0.971 bits per heavy atom. The maximum atomic E-state index is 12.9. The fourth-order valence-corrected chi connectivity index (χ4v) is 3.64. The molecule has 0 aliphatic carbocycles. The van der Waals surface area contributed by atoms with Crippen LogP contribution in [0.3, 0.4) is 0 Å². The summed E-state index contributed by atoms with van der Waals surface area (Å²) in [4.78, 5) is 25.3. The SMILES string of the molecule is CCOc1ccccc1NC(=O)COc1ccc2c(=O)c(Oc3cc(C)c(Cl)c(C)c3)coc2c1. The highest BCUT2D eigenvalue weighted by molar-refractivity contribution is 6.32. The minimum Gasteiger partial charge on any atom is -0.492 e. The van der Waals surface area contributed by atoms with Crippen molar-refractivity contribution < 1.29 is 23.4 Å². The molecule has 0 fully saturated rings. The highest BCUT2D eigenvalue weighted by Gasteiger charge is 2.13. The first-order valence-corrected chi connectivity index (χ1v) is 11.4. The molecular formula is C27H24ClNO6. The summed E-state index contributed by atoms with van der Waals surface area (Å²) in [6.45, 7) is 5.85. The summed E-state index contributed by atoms with van der Waals surface area (Å²) in [6, 6.07) is 15.4. The van der Waals surface area contributed by atoms with E-state index in [0.717, 1.165) is 11.1 Å². The molecule has 35 heavy (non-hydrogen) atoms. The number of nitrogens with one attached hydrogen (secondary N) is 1. The summed E-state index contributed by atoms with van der Waals surface area (Å²) < 4.78 is 22.5. The standard InChI is InChI=1S/C27H24ClNO6/c1-4-32-22-8-6-5-7-21(22)29-25(30)15-33-18-9-10-20-23(13-18)34-14-24(27(20)31)35-19-11-16(2)26(28)17(3)12-19/h5-14H,4,15H2,1-3H3,(H,29,30). The van der Waals surface area contributed by atoms with Gasteiger partial charge in [0.1, 0.15) is 29.1 Å². The van der Waals surface area contributed by atoms with Gasteiger partial charge in [-0.15, -0.1) is 0 Å². The van der Waals surface area contributed by atoms with Crippen LogP contribution in [0.15, 0.2) is 70.1 Å². The van der Waals surface area contributed by atoms with Gasteiger partial charge in [0.05, 0.1) is 17.7 Å². The summed E-state index contributed by atoms with van der Waals surface area (Å²) in [7, 11) is 0. The third-order valence-corrected chi connectivity index (χ3v) is 5.78. The van der Waals surface area contributed by atoms with Crippen LogP contribution in [0.5, 0.6) is 23.0 Å². The quantitative estimate of drug-likeness (QED) is 0.311. The molecular weight excluding hydrogens is 470 g/mol. The van der Waals surface area contributed by atoms with E-state index >= 15 is 0 Å². The monoisotopic (exact) mass is 493 g/mol. The average Bonchev–Trinajstić information content (AvgIpc) is 2.84. The van der Waals surface area contributed by atoms with Crippen molar-refractivity contribution in [3.05, 3.63) is 87.2 Å². The van der Waals surface area contributed by atoms with E-state index in [1.165, 1.54) is 6.26 Å². The number of amides is 1. The minimum absolute atomic E-state index is 0.0552. The lowest BCUT2D eigenvalue weighted by atomic mass is 10.1. The molecule has 1 N–H and O–H groups in total. The number of anilines is 1. The first kappa shape index (κ1) is 24.2. The highest BCUT2D eigenvalue weighted by Crippen LogP contribution is 2.29. The molecule has 0 unspecified atom stereocenters. The molecule has 4 aromatic rings. The van der Waals surface area contributed by atoms with Crippen molar-refractivity contribution in [3.8, 4) is 23.0 Å². The lowest BCUT2D eigenvalue weighted by molar-refractivity contribution is -0.118. The molecule has 0 radical (unpaired) electrons. The Morgan fingerprint density at radius 2 is 1.71 bits per heavy atom. The molecule has 0 aliphatic heterocycles. The minimum atomic E-state index is -0.351. The van der Waals surface area contributed by atoms with E-state index in [1.807, 2.05) is 26.8 Å². The Hall–Kier alpha value is -3.97. The fraction of sp³-hybridized carbons (Fsp3) is 0.185. The lowest BCUT2D eigenvalue weighted by Gasteiger charge is -2.12. The summed E-state index contributed by atoms with van der Waals surface area (Å²) in [6.07, 6.45) is 1.26. The fourth-order valence-electron chi connectivity index (χ4n) is 3.53. The molecule has 0 bridgehead atoms. The van der Waals surface area contributed by atoms with Gasteiger partial charge in [0, 0.05) is 11.1 Å². The molecule has 0 aliphatic rings. The van der Waals surface area contributed by atoms with Gasteiger partial charge >= 0.3 is 0 Å². The summed E-state index contributed by atoms with van der Waals surface area (Å²) in [5, 5.41) is 3.75. The number of hydrogen-bond donors (Lipinski definition) is 1. The predicted molar refractivity (Wildman–Crippen MR) is 135 cm³/mol. The first-order chi connectivity index (χ1) is 16.9. The summed E-state index contributed by atoms with van der Waals surface area (Å²) >= 11 is 6.20. The molecule has 3 aromatic carbocycles. The Kier molecular flexibility index (Phi) is 7.27. The van der Waals surface area contributed by atoms with Crippen molar-refractivity contribution in [1.29, 1.82) is 0 Å². The first-order valence-electron chi connectivity index (χ1n) is 11.0. The second-order valence-corrected chi connectivity index (χ2v) is 8.20. The zero-order valence-corrected chi connectivity index (χ0v) is 20.3. The van der Waals surface area contributed by atoms with E-state index in [0.29, 0.717) is 45.5 Å². The number of carbonyl (C=O) groups is 1. The third-order valence-electron chi connectivity index (χ3n) is 5.18. The predicted octanol–water partition coefficient (Wildman–Crippen LogP) is 6.27. The second kappa shape index (κ2) is 10.5. The summed E-state index contributed by atoms with van der Waals surface area (Å²) in [5.74, 6) is 1.16. The van der Waals surface area contributed by atoms with Crippen LogP contribution in [0.2, 0.25) is 5.02 Å². The van der Waals surface area contributed by atoms with Crippen molar-refractivity contribution in [2.45, 2.75) is 20.8 Å². The van der Waals surface area contributed by atoms with Crippen LogP contribution >= 0.6 is 11.6 Å². The number of benzene rings is 3. The van der Waals surface area contributed by atoms with Crippen LogP contribution in [-0.4, -0.2) is 19.1 Å². The average molecular weight is 494 g/mol. The van der Waals surface area contributed by atoms with Crippen molar-refractivity contribution in [3.63, 3.8) is 0 Å². The molecule has 8 heteroatoms. The molecule has 0 saturated heterocycles. The Labute approximate surface area is 207 Å². The van der Waals surface area contributed by atoms with Crippen molar-refractivity contribution in [1.82, 2.24) is 0 Å². The van der Waals surface area contributed by atoms with Crippen LogP contribution < -0.4 is 25.0 Å². The zero-order valence-electron chi connectivity index (χ0n) is 19.5. The smallest absolute Gasteiger partial charge is 0.262 e. The van der Waals surface area contributed by atoms with E-state index in [2.05, 4.69) is 5.32 Å². The summed E-state index contributed by atoms with van der Waals surface area (Å²) in [5.41, 5.74) is 2.24. The number of rotatable bonds is 8. The molecule has 180 valence electrons. The van der Waals surface area contributed by atoms with Gasteiger partial charge in [-0.25, -0.2) is 0 Å². The maximum Gasteiger partial charge on any atom is 0.262 e. The maximum absolute atomic E-state index is 12.9. The molecule has 4 rings (SSSR count). The van der Waals surface area contributed by atoms with Gasteiger partial charge < -0.3 is 23.9 Å². The number of para-hydroxylation sites is 2. The van der Waals surface area contributed by atoms with E-state index in [1.54, 1.807) is 48.5 Å². The number of hydrogen-bond acceptors (Lipinski definition) is 6. The van der Waals surface area contributed by atoms with Gasteiger partial charge in [0.15, 0.2) is 6.61 Å². The Bertz CT molecular complexity index is 1420. The van der Waals surface area contributed by atoms with E-state index in [4.69, 9.17) is 30.2 Å². The van der Waals surface area contributed by atoms with E-state index in [-0.39, 0.29) is 23.7 Å². The number of carbonyl (C=O) groups excluding carboxylic acids is 1. The van der Waals surface area contributed by atoms with Crippen molar-refractivity contribution >= 4 is 34.2 Å². The zero-order chi connectivity index (χ0) is 24.9. The van der Waals surface area contributed by atoms with Gasteiger partial charge in [-0.2, -0.15) is 0 Å². The van der Waals surface area contributed by atoms with Crippen LogP contribution in [0.1, 0.15) is 18.1 Å². The second-order valence-electron chi connectivity index (χ2n) is 7.83. The molecule has 7 nitrogen and oxygen atoms in total. The molecule has 1 aromatic heterocycles. The van der Waals surface area contributed by atoms with Crippen molar-refractivity contribution in [2.24, 2.45) is 0 Å². The molecule has 1 heterocycles. The van der Waals surface area contributed by atoms with Crippen LogP contribution in [-0.2, 0) is 4.79 Å². The largest absolute Gasteiger partial charge is 0.492 e. The van der Waals surface area contributed by atoms with Gasteiger partial charge in [-0.05, 0) is 68.3 Å². The van der Waals surface area contributed by atoms with Crippen LogP contribution in [0.4, 0.5) is 5.69 Å². The molecule has 0 atom stereocenters. The molecule has 0 spiro atoms. The topological polar surface area (TPSA) is 87.0 Å². The Balaban J connectivity index is 1.46.